The third-order valence-electron chi connectivity index (χ3n) is 14.4. The van der Waals surface area contributed by atoms with Crippen LogP contribution in [0, 0.1) is 13.8 Å². The SMILES string of the molecule is CCl.CON=C(C(=O)Nc1cc(C(C)(C)C)nn1-c1ccc(C)cc1)c1ccc(OCCN2CCOCC2)c2ccccc12.Cc1ccc(-n2nc(C(C)(C)C)cc2NC(=O)C(=O)c2ccc(OCCN3CCOCC3)c3ccccc23)cc1. The molecule has 442 valence electrons. The second kappa shape index (κ2) is 28.6. The number of oxime groups is 1. The van der Waals surface area contributed by atoms with Gasteiger partial charge < -0.3 is 34.4 Å². The number of anilines is 2. The maximum atomic E-state index is 13.9. The number of hydrogen-bond acceptors (Lipinski definition) is 13. The number of amides is 2. The Morgan fingerprint density at radius 1 is 0.548 bits per heavy atom. The number of fused-ring (bicyclic) bond motifs is 2. The minimum Gasteiger partial charge on any atom is -0.492 e. The molecule has 2 N–H and O–H groups in total. The van der Waals surface area contributed by atoms with Crippen molar-refractivity contribution in [3.05, 3.63) is 167 Å². The van der Waals surface area contributed by atoms with Crippen LogP contribution in [-0.4, -0.2) is 145 Å². The number of alkyl halides is 1. The number of aromatic nitrogens is 4. The first kappa shape index (κ1) is 62.1. The number of nitrogens with one attached hydrogen (secondary N) is 2. The number of benzene rings is 6. The molecule has 10 rings (SSSR count). The Morgan fingerprint density at radius 3 is 1.36 bits per heavy atom. The van der Waals surface area contributed by atoms with E-state index >= 15 is 0 Å². The van der Waals surface area contributed by atoms with E-state index in [1.54, 1.807) is 21.5 Å². The topological polar surface area (TPSA) is 176 Å². The predicted molar refractivity (Wildman–Crippen MR) is 334 cm³/mol. The zero-order chi connectivity index (χ0) is 60.0. The standard InChI is InChI=1S/C33H39N5O4.C32H36N4O4.CH3Cl/c1-23-10-12-24(13-11-23)38-30(22-29(35-38)33(2,3)4)34-32(39)31(36-40-5)27-14-15-28(26-9-7-6-8-25(26)27)42-21-18-37-16-19-41-20-17-37;1-22-9-11-23(12-10-22)36-29(21-28(34-36)32(2,3)4)33-31(38)30(37)26-13-14-27(25-8-6-5-7-24(25)26)40-20-17-35-15-18-39-19-16-35;1-2/h6-15,22H,16-21H2,1-5H3,(H,34,39);5-14,21H,15-20H2,1-4H3,(H,33,38);1H3. The minimum absolute atomic E-state index is 0.155. The van der Waals surface area contributed by atoms with Gasteiger partial charge in [0.15, 0.2) is 5.71 Å². The molecule has 0 atom stereocenters. The summed E-state index contributed by atoms with van der Waals surface area (Å²) in [7, 11) is 1.44. The highest BCUT2D eigenvalue weighted by Gasteiger charge is 2.28. The Bertz CT molecular complexity index is 3550. The molecule has 2 fully saturated rings. The van der Waals surface area contributed by atoms with E-state index in [-0.39, 0.29) is 16.5 Å². The van der Waals surface area contributed by atoms with Gasteiger partial charge in [-0.05, 0) is 73.2 Å². The molecule has 0 bridgehead atoms. The van der Waals surface area contributed by atoms with Crippen molar-refractivity contribution in [2.45, 2.75) is 66.2 Å². The van der Waals surface area contributed by atoms with Gasteiger partial charge in [0.05, 0.1) is 49.2 Å². The van der Waals surface area contributed by atoms with Crippen LogP contribution >= 0.6 is 11.6 Å². The second-order valence-corrected chi connectivity index (χ2v) is 22.6. The van der Waals surface area contributed by atoms with Crippen LogP contribution in [-0.2, 0) is 34.7 Å². The molecule has 84 heavy (non-hydrogen) atoms. The maximum Gasteiger partial charge on any atom is 0.297 e. The van der Waals surface area contributed by atoms with Gasteiger partial charge in [0.2, 0.25) is 0 Å². The third kappa shape index (κ3) is 15.6. The fourth-order valence-corrected chi connectivity index (χ4v) is 9.63. The Hall–Kier alpha value is -7.93. The highest BCUT2D eigenvalue weighted by Crippen LogP contribution is 2.33. The van der Waals surface area contributed by atoms with Crippen LogP contribution < -0.4 is 20.1 Å². The summed E-state index contributed by atoms with van der Waals surface area (Å²) in [6.45, 7) is 25.8. The summed E-state index contributed by atoms with van der Waals surface area (Å²) < 4.78 is 26.6. The molecule has 17 nitrogen and oxygen atoms in total. The van der Waals surface area contributed by atoms with Crippen LogP contribution in [0.3, 0.4) is 0 Å². The number of ether oxygens (including phenoxy) is 4. The first-order valence-corrected chi connectivity index (χ1v) is 29.1. The number of hydrogen-bond donors (Lipinski definition) is 2. The average molecular weight is 1160 g/mol. The van der Waals surface area contributed by atoms with Gasteiger partial charge in [0.1, 0.15) is 43.5 Å². The lowest BCUT2D eigenvalue weighted by Gasteiger charge is -2.26. The van der Waals surface area contributed by atoms with E-state index in [9.17, 15) is 14.4 Å². The van der Waals surface area contributed by atoms with Gasteiger partial charge in [0.25, 0.3) is 17.6 Å². The lowest BCUT2D eigenvalue weighted by Crippen LogP contribution is -2.38. The largest absolute Gasteiger partial charge is 0.492 e. The summed E-state index contributed by atoms with van der Waals surface area (Å²) in [5.74, 6) is 0.686. The van der Waals surface area contributed by atoms with E-state index in [2.05, 4.69) is 78.7 Å². The van der Waals surface area contributed by atoms with Gasteiger partial charge in [-0.3, -0.25) is 24.2 Å². The van der Waals surface area contributed by atoms with Crippen LogP contribution in [0.1, 0.15) is 80.0 Å². The fourth-order valence-electron chi connectivity index (χ4n) is 9.63. The molecule has 8 aromatic rings. The van der Waals surface area contributed by atoms with E-state index in [0.717, 1.165) is 121 Å². The lowest BCUT2D eigenvalue weighted by molar-refractivity contribution is -0.112. The van der Waals surface area contributed by atoms with Crippen molar-refractivity contribution in [3.63, 3.8) is 0 Å². The molecule has 2 saturated heterocycles. The van der Waals surface area contributed by atoms with Crippen molar-refractivity contribution in [1.82, 2.24) is 29.4 Å². The van der Waals surface area contributed by atoms with Crippen LogP contribution in [0.15, 0.2) is 139 Å². The van der Waals surface area contributed by atoms with Crippen molar-refractivity contribution in [3.8, 4) is 22.9 Å². The number of carbonyl (C=O) groups excluding carboxylic acids is 3. The van der Waals surface area contributed by atoms with Crippen molar-refractivity contribution >= 4 is 68.1 Å². The van der Waals surface area contributed by atoms with Crippen LogP contribution in [0.5, 0.6) is 11.5 Å². The smallest absolute Gasteiger partial charge is 0.297 e. The Labute approximate surface area is 497 Å². The third-order valence-corrected chi connectivity index (χ3v) is 14.4. The van der Waals surface area contributed by atoms with E-state index in [1.165, 1.54) is 13.5 Å². The summed E-state index contributed by atoms with van der Waals surface area (Å²) >= 11 is 4.64. The molecule has 0 spiro atoms. The number of morpholine rings is 2. The van der Waals surface area contributed by atoms with Crippen LogP contribution in [0.2, 0.25) is 0 Å². The molecule has 0 saturated carbocycles. The Morgan fingerprint density at radius 2 is 0.940 bits per heavy atom. The Kier molecular flexibility index (Phi) is 21.1. The molecule has 18 heteroatoms. The molecule has 0 unspecified atom stereocenters. The molecule has 2 amide bonds. The lowest BCUT2D eigenvalue weighted by atomic mass is 9.92. The molecule has 2 aromatic heterocycles. The first-order valence-electron chi connectivity index (χ1n) is 28.4. The highest BCUT2D eigenvalue weighted by atomic mass is 35.5. The summed E-state index contributed by atoms with van der Waals surface area (Å²) in [5.41, 5.74) is 6.23. The van der Waals surface area contributed by atoms with E-state index in [0.29, 0.717) is 47.1 Å². The molecule has 6 aromatic carbocycles. The number of aryl methyl sites for hydroxylation is 2. The van der Waals surface area contributed by atoms with Crippen molar-refractivity contribution < 1.29 is 38.2 Å². The number of ketones is 1. The number of carbonyl (C=O) groups is 3. The van der Waals surface area contributed by atoms with E-state index < -0.39 is 17.6 Å². The van der Waals surface area contributed by atoms with E-state index in [4.69, 9.17) is 34.0 Å². The van der Waals surface area contributed by atoms with Crippen molar-refractivity contribution in [1.29, 1.82) is 0 Å². The fraction of sp³-hybridized carbons (Fsp3) is 0.364. The normalized spacial score (nSPS) is 14.2. The quantitative estimate of drug-likeness (QED) is 0.0291. The number of nitrogens with zero attached hydrogens (tertiary/aromatic N) is 7. The second-order valence-electron chi connectivity index (χ2n) is 22.6. The summed E-state index contributed by atoms with van der Waals surface area (Å²) in [6, 6.07) is 42.2. The summed E-state index contributed by atoms with van der Waals surface area (Å²) in [5, 5.41) is 22.9. The Balaban J connectivity index is 0.000000213. The van der Waals surface area contributed by atoms with Gasteiger partial charge in [-0.1, -0.05) is 131 Å². The summed E-state index contributed by atoms with van der Waals surface area (Å²) in [6.07, 6.45) is 1.47. The number of Topliss-reactive ketones (excluding diaryl/α,β-unsaturated/α-hetero) is 1. The molecule has 0 aliphatic carbocycles. The maximum absolute atomic E-state index is 13.9. The first-order chi connectivity index (χ1) is 40.4. The van der Waals surface area contributed by atoms with Gasteiger partial charge in [-0.25, -0.2) is 9.36 Å². The van der Waals surface area contributed by atoms with Gasteiger partial charge in [-0.2, -0.15) is 10.2 Å². The monoisotopic (exact) mass is 1160 g/mol. The molecule has 0 radical (unpaired) electrons. The zero-order valence-electron chi connectivity index (χ0n) is 50.0. The molecular formula is C66H78ClN9O8. The average Bonchev–Trinajstić information content (AvgIpc) is 2.92. The van der Waals surface area contributed by atoms with Gasteiger partial charge in [0, 0.05) is 90.5 Å². The number of rotatable bonds is 17. The van der Waals surface area contributed by atoms with Crippen LogP contribution in [0.4, 0.5) is 11.6 Å². The highest BCUT2D eigenvalue weighted by molar-refractivity contribution is 6.50. The number of halogens is 1. The van der Waals surface area contributed by atoms with Gasteiger partial charge >= 0.3 is 0 Å². The molecule has 4 heterocycles. The van der Waals surface area contributed by atoms with Crippen molar-refractivity contribution in [2.75, 3.05) is 103 Å². The molecule has 2 aliphatic rings. The predicted octanol–water partition coefficient (Wildman–Crippen LogP) is 11.4. The van der Waals surface area contributed by atoms with Gasteiger partial charge in [-0.15, -0.1) is 11.6 Å². The van der Waals surface area contributed by atoms with E-state index in [1.807, 2.05) is 135 Å². The molecular weight excluding hydrogens is 1080 g/mol. The zero-order valence-corrected chi connectivity index (χ0v) is 50.7. The minimum atomic E-state index is -0.722. The van der Waals surface area contributed by atoms with Crippen LogP contribution in [0.25, 0.3) is 32.9 Å². The molecule has 2 aliphatic heterocycles. The van der Waals surface area contributed by atoms with Crippen molar-refractivity contribution in [2.24, 2.45) is 5.16 Å². The summed E-state index contributed by atoms with van der Waals surface area (Å²) in [4.78, 5) is 50.5.